The zero-order valence-electron chi connectivity index (χ0n) is 24.9. The molecular formula is C32H38N4O7. The standard InChI is InChI=1S/C32H36N4O6.H2O/c1-5-35(16-15-29(37)33-3)21-11-13-25-27(19-21)42-28-20-22(36(6-2)17-18-41-32(40)34-4)12-14-26(28)30(25)23-9-7-8-10-24(23)31(38)39;/h7-14,19-20H,5-6,15-18H2,1-4H3,(H2-,33,34,37,38,39,40);1H2. The first kappa shape index (κ1) is 32.6. The second-order valence-corrected chi connectivity index (χ2v) is 9.64. The third kappa shape index (κ3) is 7.31. The maximum atomic E-state index is 12.1. The van der Waals surface area contributed by atoms with Crippen molar-refractivity contribution in [3.05, 3.63) is 71.6 Å². The number of anilines is 1. The Labute approximate surface area is 250 Å². The summed E-state index contributed by atoms with van der Waals surface area (Å²) in [6.07, 6.45) is -0.143. The van der Waals surface area contributed by atoms with Gasteiger partial charge < -0.3 is 40.1 Å². The number of carboxylic acid groups (broad SMARTS) is 1. The minimum atomic E-state index is -1.26. The zero-order chi connectivity index (χ0) is 30.2. The smallest absolute Gasteiger partial charge is 0.406 e. The van der Waals surface area contributed by atoms with Crippen molar-refractivity contribution in [2.45, 2.75) is 20.3 Å². The molecule has 2 aliphatic rings. The molecule has 4 rings (SSSR count). The van der Waals surface area contributed by atoms with E-state index in [1.165, 1.54) is 13.1 Å². The number of alkyl carbamates (subject to hydrolysis) is 1. The molecule has 4 N–H and O–H groups in total. The van der Waals surface area contributed by atoms with Crippen LogP contribution in [0.2, 0.25) is 0 Å². The van der Waals surface area contributed by atoms with Crippen LogP contribution in [0.1, 0.15) is 30.6 Å². The van der Waals surface area contributed by atoms with Crippen molar-refractivity contribution in [2.75, 3.05) is 51.8 Å². The van der Waals surface area contributed by atoms with Gasteiger partial charge in [0.15, 0.2) is 6.54 Å². The van der Waals surface area contributed by atoms with E-state index in [1.807, 2.05) is 50.2 Å². The summed E-state index contributed by atoms with van der Waals surface area (Å²) in [5.41, 5.74) is 3.53. The van der Waals surface area contributed by atoms with E-state index in [0.717, 1.165) is 27.6 Å². The van der Waals surface area contributed by atoms with Gasteiger partial charge in [0.25, 0.3) is 0 Å². The summed E-state index contributed by atoms with van der Waals surface area (Å²) in [6.45, 7) is 6.59. The number of amides is 2. The lowest BCUT2D eigenvalue weighted by Gasteiger charge is -2.24. The Hall–Kier alpha value is -4.90. The van der Waals surface area contributed by atoms with E-state index in [1.54, 1.807) is 25.2 Å². The molecule has 1 aliphatic heterocycles. The number of fused-ring (bicyclic) bond motifs is 2. The second kappa shape index (κ2) is 14.8. The number of likely N-dealkylation sites (N-methyl/N-ethyl adjacent to an activating group) is 1. The number of ether oxygens (including phenoxy) is 1. The number of carbonyl (C=O) groups excluding carboxylic acids is 3. The fourth-order valence-electron chi connectivity index (χ4n) is 5.05. The van der Waals surface area contributed by atoms with Crippen LogP contribution in [0, 0.1) is 0 Å². The summed E-state index contributed by atoms with van der Waals surface area (Å²) in [6, 6.07) is 18.4. The van der Waals surface area contributed by atoms with Crippen molar-refractivity contribution in [3.63, 3.8) is 0 Å². The van der Waals surface area contributed by atoms with Crippen molar-refractivity contribution in [3.8, 4) is 22.5 Å². The van der Waals surface area contributed by atoms with Gasteiger partial charge in [-0.05, 0) is 37.6 Å². The van der Waals surface area contributed by atoms with E-state index < -0.39 is 12.1 Å². The van der Waals surface area contributed by atoms with Gasteiger partial charge in [0.05, 0.1) is 25.0 Å². The molecule has 0 aromatic heterocycles. The summed E-state index contributed by atoms with van der Waals surface area (Å²) < 4.78 is 13.8. The van der Waals surface area contributed by atoms with Crippen LogP contribution in [0.5, 0.6) is 0 Å². The Morgan fingerprint density at radius 1 is 0.977 bits per heavy atom. The molecule has 1 aliphatic carbocycles. The molecular weight excluding hydrogens is 552 g/mol. The fourth-order valence-corrected chi connectivity index (χ4v) is 5.05. The van der Waals surface area contributed by atoms with Crippen LogP contribution in [-0.4, -0.2) is 70.3 Å². The molecule has 0 radical (unpaired) electrons. The van der Waals surface area contributed by atoms with Crippen molar-refractivity contribution in [1.82, 2.24) is 15.2 Å². The number of nitrogens with zero attached hydrogens (tertiary/aromatic N) is 2. The van der Waals surface area contributed by atoms with Gasteiger partial charge in [-0.15, -0.1) is 0 Å². The number of carbonyl (C=O) groups is 3. The molecule has 11 heteroatoms. The third-order valence-electron chi connectivity index (χ3n) is 7.29. The first-order chi connectivity index (χ1) is 20.3. The zero-order valence-corrected chi connectivity index (χ0v) is 24.9. The molecule has 0 spiro atoms. The van der Waals surface area contributed by atoms with E-state index in [2.05, 4.69) is 20.1 Å². The van der Waals surface area contributed by atoms with Crippen LogP contribution in [0.3, 0.4) is 0 Å². The molecule has 2 aromatic rings. The number of rotatable bonds is 11. The van der Waals surface area contributed by atoms with Gasteiger partial charge in [-0.3, -0.25) is 4.79 Å². The maximum absolute atomic E-state index is 12.1. The molecule has 2 amide bonds. The number of hydrogen-bond acceptors (Lipinski definition) is 7. The van der Waals surface area contributed by atoms with Crippen LogP contribution < -0.4 is 30.6 Å². The van der Waals surface area contributed by atoms with Crippen LogP contribution in [0.4, 0.5) is 10.5 Å². The van der Waals surface area contributed by atoms with E-state index in [0.29, 0.717) is 49.5 Å². The lowest BCUT2D eigenvalue weighted by Crippen LogP contribution is -2.33. The van der Waals surface area contributed by atoms with Gasteiger partial charge in [-0.1, -0.05) is 24.3 Å². The van der Waals surface area contributed by atoms with Crippen molar-refractivity contribution < 1.29 is 34.1 Å². The van der Waals surface area contributed by atoms with Gasteiger partial charge >= 0.3 is 6.09 Å². The van der Waals surface area contributed by atoms with E-state index in [9.17, 15) is 19.5 Å². The number of carboxylic acids is 1. The molecule has 0 atom stereocenters. The molecule has 0 bridgehead atoms. The Morgan fingerprint density at radius 3 is 2.42 bits per heavy atom. The lowest BCUT2D eigenvalue weighted by molar-refractivity contribution is -0.254. The summed E-state index contributed by atoms with van der Waals surface area (Å²) in [5.74, 6) is -0.731. The first-order valence-corrected chi connectivity index (χ1v) is 14.0. The third-order valence-corrected chi connectivity index (χ3v) is 7.29. The predicted octanol–water partition coefficient (Wildman–Crippen LogP) is 1.85. The average Bonchev–Trinajstić information content (AvgIpc) is 3.01. The molecule has 0 saturated heterocycles. The highest BCUT2D eigenvalue weighted by molar-refractivity contribution is 6.07. The van der Waals surface area contributed by atoms with E-state index >= 15 is 0 Å². The van der Waals surface area contributed by atoms with Crippen LogP contribution in [-0.2, 0) is 9.53 Å². The van der Waals surface area contributed by atoms with Gasteiger partial charge in [-0.2, -0.15) is 0 Å². The molecule has 43 heavy (non-hydrogen) atoms. The van der Waals surface area contributed by atoms with E-state index in [4.69, 9.17) is 9.15 Å². The molecule has 1 heterocycles. The largest absolute Gasteiger partial charge is 0.545 e. The fraction of sp³-hybridized carbons (Fsp3) is 0.312. The Morgan fingerprint density at radius 2 is 1.74 bits per heavy atom. The molecule has 0 fully saturated rings. The lowest BCUT2D eigenvalue weighted by atomic mass is 9.90. The highest BCUT2D eigenvalue weighted by atomic mass is 16.5. The summed E-state index contributed by atoms with van der Waals surface area (Å²) in [7, 11) is 3.13. The van der Waals surface area contributed by atoms with Crippen molar-refractivity contribution in [2.24, 2.45) is 0 Å². The molecule has 2 aromatic carbocycles. The van der Waals surface area contributed by atoms with E-state index in [-0.39, 0.29) is 23.6 Å². The van der Waals surface area contributed by atoms with Crippen LogP contribution in [0.25, 0.3) is 33.4 Å². The predicted molar refractivity (Wildman–Crippen MR) is 164 cm³/mol. The SMILES string of the molecule is CCN(CCOC(=O)NC)c1ccc2c(-c3ccccc3C(=O)[O-])c3ccc(=[N+](CC)CCC(=O)NC)cc-3oc2c1.O. The Balaban J connectivity index is 0.00000506. The molecule has 0 unspecified atom stereocenters. The van der Waals surface area contributed by atoms with Gasteiger partial charge in [0, 0.05) is 60.5 Å². The summed E-state index contributed by atoms with van der Waals surface area (Å²) in [5, 5.41) is 18.9. The van der Waals surface area contributed by atoms with Crippen LogP contribution >= 0.6 is 0 Å². The van der Waals surface area contributed by atoms with Gasteiger partial charge in [0.2, 0.25) is 11.3 Å². The molecule has 11 nitrogen and oxygen atoms in total. The first-order valence-electron chi connectivity index (χ1n) is 14.0. The monoisotopic (exact) mass is 590 g/mol. The average molecular weight is 591 g/mol. The minimum absolute atomic E-state index is 0. The minimum Gasteiger partial charge on any atom is -0.545 e. The van der Waals surface area contributed by atoms with Crippen LogP contribution in [0.15, 0.2) is 65.1 Å². The number of aromatic carboxylic acids is 1. The quantitative estimate of drug-likeness (QED) is 0.199. The summed E-state index contributed by atoms with van der Waals surface area (Å²) in [4.78, 5) is 37.6. The number of benzene rings is 3. The molecule has 0 saturated carbocycles. The molecule has 228 valence electrons. The van der Waals surface area contributed by atoms with Crippen molar-refractivity contribution in [1.29, 1.82) is 0 Å². The topological polar surface area (TPSA) is 158 Å². The highest BCUT2D eigenvalue weighted by Crippen LogP contribution is 2.41. The Bertz CT molecular complexity index is 1650. The second-order valence-electron chi connectivity index (χ2n) is 9.64. The Kier molecular flexibility index (Phi) is 11.2. The normalized spacial score (nSPS) is 11.4. The maximum Gasteiger partial charge on any atom is 0.406 e. The summed E-state index contributed by atoms with van der Waals surface area (Å²) >= 11 is 0. The highest BCUT2D eigenvalue weighted by Gasteiger charge is 2.21. The number of nitrogens with one attached hydrogen (secondary N) is 2. The van der Waals surface area contributed by atoms with Gasteiger partial charge in [-0.25, -0.2) is 9.37 Å². The van der Waals surface area contributed by atoms with Crippen molar-refractivity contribution >= 4 is 34.6 Å². The van der Waals surface area contributed by atoms with Gasteiger partial charge in [0.1, 0.15) is 24.5 Å². The number of hydrogen-bond donors (Lipinski definition) is 2.